The summed E-state index contributed by atoms with van der Waals surface area (Å²) in [6, 6.07) is 6.39. The summed E-state index contributed by atoms with van der Waals surface area (Å²) in [7, 11) is 1.96. The van der Waals surface area contributed by atoms with Crippen LogP contribution in [0.1, 0.15) is 31.9 Å². The summed E-state index contributed by atoms with van der Waals surface area (Å²) >= 11 is 0. The average Bonchev–Trinajstić information content (AvgIpc) is 2.12. The fourth-order valence-corrected chi connectivity index (χ4v) is 1.78. The van der Waals surface area contributed by atoms with E-state index in [4.69, 9.17) is 5.41 Å². The maximum absolute atomic E-state index is 8.15. The van der Waals surface area contributed by atoms with Crippen molar-refractivity contribution in [3.05, 3.63) is 29.3 Å². The van der Waals surface area contributed by atoms with E-state index in [-0.39, 0.29) is 5.41 Å². The van der Waals surface area contributed by atoms with Gasteiger partial charge in [-0.2, -0.15) is 0 Å². The maximum Gasteiger partial charge on any atom is 0.105 e. The van der Waals surface area contributed by atoms with E-state index in [1.54, 1.807) is 0 Å². The Hall–Kier alpha value is -1.31. The second-order valence-electron chi connectivity index (χ2n) is 5.50. The summed E-state index contributed by atoms with van der Waals surface area (Å²) in [4.78, 5) is 1.96. The zero-order chi connectivity index (χ0) is 12.5. The highest BCUT2D eigenvalue weighted by molar-refractivity contribution is 5.98. The van der Waals surface area contributed by atoms with Crippen molar-refractivity contribution >= 4 is 11.5 Å². The molecule has 88 valence electrons. The number of nitrogens with zero attached hydrogens (tertiary/aromatic N) is 1. The van der Waals surface area contributed by atoms with E-state index in [2.05, 4.69) is 52.8 Å². The molecule has 0 fully saturated rings. The molecule has 1 aromatic carbocycles. The van der Waals surface area contributed by atoms with Crippen molar-refractivity contribution in [2.75, 3.05) is 11.9 Å². The minimum absolute atomic E-state index is 0.119. The molecule has 0 unspecified atom stereocenters. The van der Waals surface area contributed by atoms with Gasteiger partial charge in [0, 0.05) is 18.2 Å². The Kier molecular flexibility index (Phi) is 3.41. The number of rotatable bonds is 1. The SMILES string of the molecule is Cc1cc(C)cc(N(C)C(=N)C(C)(C)C)c1. The van der Waals surface area contributed by atoms with Gasteiger partial charge in [0.2, 0.25) is 0 Å². The summed E-state index contributed by atoms with van der Waals surface area (Å²) in [5.41, 5.74) is 3.46. The van der Waals surface area contributed by atoms with Crippen LogP contribution in [0.15, 0.2) is 18.2 Å². The van der Waals surface area contributed by atoms with Crippen molar-refractivity contribution in [2.45, 2.75) is 34.6 Å². The van der Waals surface area contributed by atoms with Crippen LogP contribution in [0.2, 0.25) is 0 Å². The third kappa shape index (κ3) is 2.84. The minimum Gasteiger partial charge on any atom is -0.333 e. The predicted molar refractivity (Wildman–Crippen MR) is 71.5 cm³/mol. The molecule has 0 radical (unpaired) electrons. The number of nitrogens with one attached hydrogen (secondary N) is 1. The van der Waals surface area contributed by atoms with Gasteiger partial charge in [0.25, 0.3) is 0 Å². The molecule has 2 heteroatoms. The molecular weight excluding hydrogens is 196 g/mol. The maximum atomic E-state index is 8.15. The number of anilines is 1. The van der Waals surface area contributed by atoms with Crippen LogP contribution < -0.4 is 4.90 Å². The van der Waals surface area contributed by atoms with E-state index in [1.165, 1.54) is 11.1 Å². The van der Waals surface area contributed by atoms with Crippen molar-refractivity contribution in [3.8, 4) is 0 Å². The topological polar surface area (TPSA) is 27.1 Å². The number of hydrogen-bond acceptors (Lipinski definition) is 1. The summed E-state index contributed by atoms with van der Waals surface area (Å²) in [6.07, 6.45) is 0. The Bertz CT molecular complexity index is 379. The molecule has 0 aliphatic carbocycles. The second kappa shape index (κ2) is 4.28. The number of benzene rings is 1. The van der Waals surface area contributed by atoms with Gasteiger partial charge in [0.1, 0.15) is 5.84 Å². The standard InChI is InChI=1S/C14H22N2/c1-10-7-11(2)9-12(8-10)16(6)13(15)14(3,4)5/h7-9,15H,1-6H3. The molecule has 16 heavy (non-hydrogen) atoms. The Morgan fingerprint density at radius 2 is 1.50 bits per heavy atom. The molecule has 0 bridgehead atoms. The number of hydrogen-bond donors (Lipinski definition) is 1. The first-order valence-corrected chi connectivity index (χ1v) is 5.63. The summed E-state index contributed by atoms with van der Waals surface area (Å²) in [5, 5.41) is 8.15. The second-order valence-corrected chi connectivity index (χ2v) is 5.50. The third-order valence-electron chi connectivity index (χ3n) is 2.64. The fraction of sp³-hybridized carbons (Fsp3) is 0.500. The highest BCUT2D eigenvalue weighted by Crippen LogP contribution is 2.23. The van der Waals surface area contributed by atoms with Crippen LogP contribution in [-0.2, 0) is 0 Å². The van der Waals surface area contributed by atoms with Crippen molar-refractivity contribution in [2.24, 2.45) is 5.41 Å². The molecule has 0 heterocycles. The van der Waals surface area contributed by atoms with E-state index in [1.807, 2.05) is 11.9 Å². The molecule has 0 aliphatic heterocycles. The first-order valence-electron chi connectivity index (χ1n) is 5.63. The molecule has 0 amide bonds. The van der Waals surface area contributed by atoms with Gasteiger partial charge in [0.05, 0.1) is 0 Å². The summed E-state index contributed by atoms with van der Waals surface area (Å²) < 4.78 is 0. The van der Waals surface area contributed by atoms with E-state index in [0.29, 0.717) is 5.84 Å². The van der Waals surface area contributed by atoms with Crippen LogP contribution in [0.25, 0.3) is 0 Å². The molecule has 0 aromatic heterocycles. The van der Waals surface area contributed by atoms with Crippen LogP contribution >= 0.6 is 0 Å². The average molecular weight is 218 g/mol. The lowest BCUT2D eigenvalue weighted by Gasteiger charge is -2.29. The number of amidine groups is 1. The first-order chi connectivity index (χ1) is 7.21. The largest absolute Gasteiger partial charge is 0.333 e. The van der Waals surface area contributed by atoms with Gasteiger partial charge in [-0.1, -0.05) is 26.8 Å². The van der Waals surface area contributed by atoms with Crippen LogP contribution in [0, 0.1) is 24.7 Å². The molecule has 0 saturated carbocycles. The quantitative estimate of drug-likeness (QED) is 0.564. The van der Waals surface area contributed by atoms with Crippen LogP contribution in [0.5, 0.6) is 0 Å². The summed E-state index contributed by atoms with van der Waals surface area (Å²) in [5.74, 6) is 0.637. The molecule has 1 aromatic rings. The minimum atomic E-state index is -0.119. The molecule has 0 spiro atoms. The normalized spacial score (nSPS) is 11.4. The lowest BCUT2D eigenvalue weighted by atomic mass is 9.94. The molecule has 2 nitrogen and oxygen atoms in total. The zero-order valence-corrected chi connectivity index (χ0v) is 11.2. The van der Waals surface area contributed by atoms with Gasteiger partial charge in [-0.3, -0.25) is 5.41 Å². The van der Waals surface area contributed by atoms with Crippen molar-refractivity contribution < 1.29 is 0 Å². The van der Waals surface area contributed by atoms with Crippen LogP contribution in [-0.4, -0.2) is 12.9 Å². The van der Waals surface area contributed by atoms with Gasteiger partial charge in [-0.05, 0) is 37.1 Å². The highest BCUT2D eigenvalue weighted by Gasteiger charge is 2.21. The Balaban J connectivity index is 3.05. The Morgan fingerprint density at radius 1 is 1.06 bits per heavy atom. The monoisotopic (exact) mass is 218 g/mol. The van der Waals surface area contributed by atoms with Crippen LogP contribution in [0.4, 0.5) is 5.69 Å². The molecule has 0 atom stereocenters. The van der Waals surface area contributed by atoms with E-state index < -0.39 is 0 Å². The van der Waals surface area contributed by atoms with Gasteiger partial charge in [-0.25, -0.2) is 0 Å². The van der Waals surface area contributed by atoms with Gasteiger partial charge in [-0.15, -0.1) is 0 Å². The third-order valence-corrected chi connectivity index (χ3v) is 2.64. The van der Waals surface area contributed by atoms with Crippen LogP contribution in [0.3, 0.4) is 0 Å². The highest BCUT2D eigenvalue weighted by atomic mass is 15.2. The van der Waals surface area contributed by atoms with E-state index >= 15 is 0 Å². The fourth-order valence-electron chi connectivity index (χ4n) is 1.78. The lowest BCUT2D eigenvalue weighted by molar-refractivity contribution is 0.576. The van der Waals surface area contributed by atoms with E-state index in [9.17, 15) is 0 Å². The molecule has 0 saturated heterocycles. The predicted octanol–water partition coefficient (Wildman–Crippen LogP) is 3.76. The molecule has 0 aliphatic rings. The zero-order valence-electron chi connectivity index (χ0n) is 11.2. The van der Waals surface area contributed by atoms with E-state index in [0.717, 1.165) is 5.69 Å². The molecule has 1 N–H and O–H groups in total. The van der Waals surface area contributed by atoms with Crippen molar-refractivity contribution in [1.29, 1.82) is 5.41 Å². The smallest absolute Gasteiger partial charge is 0.105 e. The van der Waals surface area contributed by atoms with Gasteiger partial charge in [0.15, 0.2) is 0 Å². The van der Waals surface area contributed by atoms with Gasteiger partial charge < -0.3 is 4.90 Å². The molecular formula is C14H22N2. The van der Waals surface area contributed by atoms with Crippen molar-refractivity contribution in [1.82, 2.24) is 0 Å². The lowest BCUT2D eigenvalue weighted by Crippen LogP contribution is -2.36. The Morgan fingerprint density at radius 3 is 1.88 bits per heavy atom. The summed E-state index contributed by atoms with van der Waals surface area (Å²) in [6.45, 7) is 10.4. The van der Waals surface area contributed by atoms with Crippen molar-refractivity contribution in [3.63, 3.8) is 0 Å². The first kappa shape index (κ1) is 12.8. The Labute approximate surface area is 98.8 Å². The van der Waals surface area contributed by atoms with Gasteiger partial charge >= 0.3 is 0 Å². The number of aryl methyl sites for hydroxylation is 2. The molecule has 1 rings (SSSR count).